The van der Waals surface area contributed by atoms with Crippen molar-refractivity contribution in [3.63, 3.8) is 0 Å². The quantitative estimate of drug-likeness (QED) is 0.847. The van der Waals surface area contributed by atoms with Gasteiger partial charge in [0.1, 0.15) is 0 Å². The maximum atomic E-state index is 11.6. The molecule has 0 radical (unpaired) electrons. The first-order valence-corrected chi connectivity index (χ1v) is 6.53. The van der Waals surface area contributed by atoms with E-state index in [0.717, 1.165) is 10.0 Å². The van der Waals surface area contributed by atoms with Gasteiger partial charge in [0.25, 0.3) is 0 Å². The second-order valence-corrected chi connectivity index (χ2v) is 5.01. The molecular weight excluding hydrogens is 298 g/mol. The fourth-order valence-corrected chi connectivity index (χ4v) is 2.09. The number of rotatable bonds is 6. The second-order valence-electron chi connectivity index (χ2n) is 4.16. The van der Waals surface area contributed by atoms with Crippen LogP contribution in [-0.4, -0.2) is 23.0 Å². The first kappa shape index (κ1) is 14.7. The molecule has 0 heterocycles. The van der Waals surface area contributed by atoms with Gasteiger partial charge in [0.2, 0.25) is 5.91 Å². The highest BCUT2D eigenvalue weighted by Gasteiger charge is 2.11. The first-order valence-electron chi connectivity index (χ1n) is 5.73. The number of benzene rings is 1. The zero-order valence-corrected chi connectivity index (χ0v) is 11.7. The Bertz CT molecular complexity index is 434. The van der Waals surface area contributed by atoms with Crippen molar-refractivity contribution in [1.82, 2.24) is 5.32 Å². The smallest absolute Gasteiger partial charge is 0.305 e. The van der Waals surface area contributed by atoms with Gasteiger partial charge in [-0.3, -0.25) is 9.59 Å². The lowest BCUT2D eigenvalue weighted by Crippen LogP contribution is -2.34. The van der Waals surface area contributed by atoms with Crippen molar-refractivity contribution in [1.29, 1.82) is 0 Å². The summed E-state index contributed by atoms with van der Waals surface area (Å²) in [5.74, 6) is -1.03. The molecule has 0 aromatic heterocycles. The molecule has 1 atom stereocenters. The number of hydrogen-bond acceptors (Lipinski definition) is 2. The van der Waals surface area contributed by atoms with E-state index in [1.807, 2.05) is 24.3 Å². The van der Waals surface area contributed by atoms with Gasteiger partial charge in [-0.15, -0.1) is 0 Å². The van der Waals surface area contributed by atoms with E-state index >= 15 is 0 Å². The first-order chi connectivity index (χ1) is 8.49. The van der Waals surface area contributed by atoms with Crippen LogP contribution in [0.1, 0.15) is 25.3 Å². The summed E-state index contributed by atoms with van der Waals surface area (Å²) < 4.78 is 0.983. The van der Waals surface area contributed by atoms with E-state index in [0.29, 0.717) is 12.8 Å². The largest absolute Gasteiger partial charge is 0.481 e. The molecule has 0 fully saturated rings. The van der Waals surface area contributed by atoms with Gasteiger partial charge in [-0.2, -0.15) is 0 Å². The average Bonchev–Trinajstić information content (AvgIpc) is 2.26. The van der Waals surface area contributed by atoms with Crippen LogP contribution in [0, 0.1) is 0 Å². The molecule has 98 valence electrons. The maximum Gasteiger partial charge on any atom is 0.305 e. The lowest BCUT2D eigenvalue weighted by Gasteiger charge is -2.11. The van der Waals surface area contributed by atoms with E-state index in [1.54, 1.807) is 6.92 Å². The molecular formula is C13H16BrNO3. The van der Waals surface area contributed by atoms with Crippen LogP contribution in [0.25, 0.3) is 0 Å². The molecule has 18 heavy (non-hydrogen) atoms. The molecule has 1 aromatic rings. The fraction of sp³-hybridized carbons (Fsp3) is 0.385. The van der Waals surface area contributed by atoms with Gasteiger partial charge in [-0.05, 0) is 25.0 Å². The van der Waals surface area contributed by atoms with Gasteiger partial charge in [-0.1, -0.05) is 34.1 Å². The average molecular weight is 314 g/mol. The molecule has 5 heteroatoms. The highest BCUT2D eigenvalue weighted by molar-refractivity contribution is 9.10. The predicted molar refractivity (Wildman–Crippen MR) is 72.3 cm³/mol. The van der Waals surface area contributed by atoms with Crippen LogP contribution in [0.5, 0.6) is 0 Å². The SMILES string of the molecule is CC(CC(=O)O)NC(=O)CCc1ccccc1Br. The third kappa shape index (κ3) is 5.31. The molecule has 0 aliphatic rings. The van der Waals surface area contributed by atoms with Crippen LogP contribution in [0.4, 0.5) is 0 Å². The molecule has 1 unspecified atom stereocenters. The maximum absolute atomic E-state index is 11.6. The number of amides is 1. The van der Waals surface area contributed by atoms with Crippen LogP contribution >= 0.6 is 15.9 Å². The number of hydrogen-bond donors (Lipinski definition) is 2. The van der Waals surface area contributed by atoms with E-state index in [4.69, 9.17) is 5.11 Å². The summed E-state index contributed by atoms with van der Waals surface area (Å²) in [6.45, 7) is 1.68. The van der Waals surface area contributed by atoms with E-state index in [9.17, 15) is 9.59 Å². The van der Waals surface area contributed by atoms with Gasteiger partial charge < -0.3 is 10.4 Å². The van der Waals surface area contributed by atoms with Crippen molar-refractivity contribution >= 4 is 27.8 Å². The van der Waals surface area contributed by atoms with Crippen LogP contribution < -0.4 is 5.32 Å². The third-order valence-corrected chi connectivity index (χ3v) is 3.24. The zero-order chi connectivity index (χ0) is 13.5. The normalized spacial score (nSPS) is 11.9. The van der Waals surface area contributed by atoms with E-state index in [-0.39, 0.29) is 18.4 Å². The minimum Gasteiger partial charge on any atom is -0.481 e. The van der Waals surface area contributed by atoms with E-state index < -0.39 is 5.97 Å². The Hall–Kier alpha value is -1.36. The van der Waals surface area contributed by atoms with Crippen molar-refractivity contribution in [3.8, 4) is 0 Å². The molecule has 4 nitrogen and oxygen atoms in total. The molecule has 0 aliphatic carbocycles. The minimum atomic E-state index is -0.909. The summed E-state index contributed by atoms with van der Waals surface area (Å²) >= 11 is 3.42. The summed E-state index contributed by atoms with van der Waals surface area (Å²) in [6.07, 6.45) is 0.931. The summed E-state index contributed by atoms with van der Waals surface area (Å²) in [7, 11) is 0. The monoisotopic (exact) mass is 313 g/mol. The van der Waals surface area contributed by atoms with Gasteiger partial charge in [0.15, 0.2) is 0 Å². The molecule has 1 rings (SSSR count). The van der Waals surface area contributed by atoms with Gasteiger partial charge in [-0.25, -0.2) is 0 Å². The highest BCUT2D eigenvalue weighted by Crippen LogP contribution is 2.17. The summed E-state index contributed by atoms with van der Waals surface area (Å²) in [5.41, 5.74) is 1.07. The summed E-state index contributed by atoms with van der Waals surface area (Å²) in [6, 6.07) is 7.39. The Morgan fingerprint density at radius 2 is 2.06 bits per heavy atom. The molecule has 0 saturated heterocycles. The molecule has 0 spiro atoms. The van der Waals surface area contributed by atoms with Crippen molar-refractivity contribution < 1.29 is 14.7 Å². The lowest BCUT2D eigenvalue weighted by molar-refractivity contribution is -0.137. The van der Waals surface area contributed by atoms with Crippen LogP contribution in [0.3, 0.4) is 0 Å². The molecule has 0 bridgehead atoms. The Kier molecular flexibility index (Phi) is 5.85. The van der Waals surface area contributed by atoms with Crippen molar-refractivity contribution in [2.75, 3.05) is 0 Å². The van der Waals surface area contributed by atoms with Gasteiger partial charge >= 0.3 is 5.97 Å². The van der Waals surface area contributed by atoms with Crippen molar-refractivity contribution in [2.24, 2.45) is 0 Å². The molecule has 2 N–H and O–H groups in total. The molecule has 0 aliphatic heterocycles. The number of aryl methyl sites for hydroxylation is 1. The lowest BCUT2D eigenvalue weighted by atomic mass is 10.1. The Morgan fingerprint density at radius 1 is 1.39 bits per heavy atom. The molecule has 1 aromatic carbocycles. The van der Waals surface area contributed by atoms with Crippen LogP contribution in [0.2, 0.25) is 0 Å². The number of aliphatic carboxylic acids is 1. The number of halogens is 1. The second kappa shape index (κ2) is 7.16. The fourth-order valence-electron chi connectivity index (χ4n) is 1.61. The number of carboxylic acids is 1. The van der Waals surface area contributed by atoms with E-state index in [2.05, 4.69) is 21.2 Å². The summed E-state index contributed by atoms with van der Waals surface area (Å²) in [4.78, 5) is 22.1. The van der Waals surface area contributed by atoms with E-state index in [1.165, 1.54) is 0 Å². The Morgan fingerprint density at radius 3 is 2.67 bits per heavy atom. The highest BCUT2D eigenvalue weighted by atomic mass is 79.9. The van der Waals surface area contributed by atoms with Gasteiger partial charge in [0, 0.05) is 16.9 Å². The topological polar surface area (TPSA) is 66.4 Å². The minimum absolute atomic E-state index is 0.0548. The number of carbonyl (C=O) groups is 2. The third-order valence-electron chi connectivity index (χ3n) is 2.47. The zero-order valence-electron chi connectivity index (χ0n) is 10.1. The predicted octanol–water partition coefficient (Wildman–Crippen LogP) is 2.36. The number of carbonyl (C=O) groups excluding carboxylic acids is 1. The van der Waals surface area contributed by atoms with Crippen molar-refractivity contribution in [2.45, 2.75) is 32.2 Å². The van der Waals surface area contributed by atoms with Crippen LogP contribution in [0.15, 0.2) is 28.7 Å². The number of nitrogens with one attached hydrogen (secondary N) is 1. The standard InChI is InChI=1S/C13H16BrNO3/c1-9(8-13(17)18)15-12(16)7-6-10-4-2-3-5-11(10)14/h2-5,9H,6-8H2,1H3,(H,15,16)(H,17,18). The Labute approximate surface area is 115 Å². The Balaban J connectivity index is 2.38. The molecule has 1 amide bonds. The van der Waals surface area contributed by atoms with Gasteiger partial charge in [0.05, 0.1) is 6.42 Å². The van der Waals surface area contributed by atoms with Crippen LogP contribution in [-0.2, 0) is 16.0 Å². The summed E-state index contributed by atoms with van der Waals surface area (Å²) in [5, 5.41) is 11.2. The molecule has 0 saturated carbocycles. The number of carboxylic acid groups (broad SMARTS) is 1. The van der Waals surface area contributed by atoms with Crippen molar-refractivity contribution in [3.05, 3.63) is 34.3 Å².